The van der Waals surface area contributed by atoms with E-state index >= 15 is 0 Å². The van der Waals surface area contributed by atoms with Crippen LogP contribution in [0.4, 0.5) is 16.0 Å². The molecule has 2 N–H and O–H groups in total. The first-order valence-electron chi connectivity index (χ1n) is 11.1. The maximum absolute atomic E-state index is 14.1. The molecule has 0 bridgehead atoms. The summed E-state index contributed by atoms with van der Waals surface area (Å²) >= 11 is 1.34. The summed E-state index contributed by atoms with van der Waals surface area (Å²) in [6, 6.07) is 17.5. The lowest BCUT2D eigenvalue weighted by molar-refractivity contribution is -0.113. The van der Waals surface area contributed by atoms with Gasteiger partial charge in [-0.15, -0.1) is 5.10 Å². The van der Waals surface area contributed by atoms with Crippen LogP contribution in [-0.4, -0.2) is 25.7 Å². The van der Waals surface area contributed by atoms with Gasteiger partial charge in [-0.1, -0.05) is 48.2 Å². The molecule has 1 aliphatic rings. The second-order valence-electron chi connectivity index (χ2n) is 8.16. The van der Waals surface area contributed by atoms with Crippen LogP contribution in [0.25, 0.3) is 0 Å². The molecule has 0 unspecified atom stereocenters. The molecule has 0 spiro atoms. The second-order valence-corrected chi connectivity index (χ2v) is 9.10. The molecule has 0 aliphatic carbocycles. The van der Waals surface area contributed by atoms with Gasteiger partial charge in [0, 0.05) is 29.5 Å². The number of aromatic nitrogens is 4. The zero-order valence-corrected chi connectivity index (χ0v) is 20.0. The minimum Gasteiger partial charge on any atom is -0.328 e. The molecule has 1 amide bonds. The number of hydrogen-bond donors (Lipinski definition) is 2. The molecule has 1 atom stereocenters. The van der Waals surface area contributed by atoms with Gasteiger partial charge in [0.2, 0.25) is 11.1 Å². The van der Waals surface area contributed by atoms with Crippen molar-refractivity contribution in [1.29, 1.82) is 0 Å². The number of carbonyl (C=O) groups excluding carboxylic acids is 1. The van der Waals surface area contributed by atoms with Crippen LogP contribution in [0.1, 0.15) is 29.7 Å². The van der Waals surface area contributed by atoms with Crippen LogP contribution in [-0.2, 0) is 10.5 Å². The third-order valence-corrected chi connectivity index (χ3v) is 6.69. The summed E-state index contributed by atoms with van der Waals surface area (Å²) in [7, 11) is 0. The summed E-state index contributed by atoms with van der Waals surface area (Å²) < 4.78 is 15.8. The molecule has 5 rings (SSSR count). The Hall–Kier alpha value is -3.98. The number of amides is 1. The van der Waals surface area contributed by atoms with Gasteiger partial charge in [-0.2, -0.15) is 4.98 Å². The number of fused-ring (bicyclic) bond motifs is 1. The monoisotopic (exact) mass is 486 g/mol. The summed E-state index contributed by atoms with van der Waals surface area (Å²) in [6.45, 7) is 3.80. The average Bonchev–Trinajstić information content (AvgIpc) is 3.27. The summed E-state index contributed by atoms with van der Waals surface area (Å²) in [4.78, 5) is 22.3. The molecule has 0 saturated heterocycles. The largest absolute Gasteiger partial charge is 0.328 e. The molecule has 2 aromatic carbocycles. The van der Waals surface area contributed by atoms with Crippen molar-refractivity contribution in [2.75, 3.05) is 10.6 Å². The van der Waals surface area contributed by atoms with Crippen molar-refractivity contribution in [2.24, 2.45) is 0 Å². The molecule has 176 valence electrons. The first kappa shape index (κ1) is 22.8. The molecule has 2 aromatic heterocycles. The van der Waals surface area contributed by atoms with Crippen LogP contribution in [0.15, 0.2) is 89.5 Å². The van der Waals surface area contributed by atoms with Gasteiger partial charge in [-0.3, -0.25) is 9.78 Å². The molecule has 35 heavy (non-hydrogen) atoms. The Morgan fingerprint density at radius 1 is 1.09 bits per heavy atom. The third kappa shape index (κ3) is 4.67. The molecular formula is C26H23FN6OS. The number of nitrogens with one attached hydrogen (secondary N) is 2. The Morgan fingerprint density at radius 3 is 2.60 bits per heavy atom. The Kier molecular flexibility index (Phi) is 6.33. The van der Waals surface area contributed by atoms with E-state index < -0.39 is 6.04 Å². The Balaban J connectivity index is 1.49. The van der Waals surface area contributed by atoms with Crippen molar-refractivity contribution in [3.05, 3.63) is 107 Å². The van der Waals surface area contributed by atoms with Gasteiger partial charge in [0.05, 0.1) is 5.57 Å². The molecule has 0 saturated carbocycles. The third-order valence-electron chi connectivity index (χ3n) is 5.81. The van der Waals surface area contributed by atoms with Gasteiger partial charge in [-0.25, -0.2) is 9.07 Å². The van der Waals surface area contributed by atoms with Crippen molar-refractivity contribution in [1.82, 2.24) is 19.7 Å². The van der Waals surface area contributed by atoms with E-state index in [9.17, 15) is 9.18 Å². The quantitative estimate of drug-likeness (QED) is 0.358. The lowest BCUT2D eigenvalue weighted by atomic mass is 9.95. The van der Waals surface area contributed by atoms with E-state index in [2.05, 4.69) is 20.6 Å². The molecular weight excluding hydrogens is 463 g/mol. The standard InChI is InChI=1S/C26H23FN6OS/c1-16-7-3-6-10-21(16)30-24(34)22-17(2)29-25-31-26(35-15-19-8-4-5-9-20(19)27)32-33(25)23(22)18-11-13-28-14-12-18/h3-14,23H,15H2,1-2H3,(H,30,34)(H,29,31,32)/t23-/m0/s1. The highest BCUT2D eigenvalue weighted by Gasteiger charge is 2.34. The highest BCUT2D eigenvalue weighted by Crippen LogP contribution is 2.37. The number of thioether (sulfide) groups is 1. The Bertz CT molecular complexity index is 1420. The fourth-order valence-corrected chi connectivity index (χ4v) is 4.82. The van der Waals surface area contributed by atoms with Crippen LogP contribution >= 0.6 is 11.8 Å². The molecule has 7 nitrogen and oxygen atoms in total. The minimum atomic E-state index is -0.506. The normalized spacial score (nSPS) is 14.9. The van der Waals surface area contributed by atoms with Crippen LogP contribution in [0, 0.1) is 12.7 Å². The Labute approximate surface area is 206 Å². The van der Waals surface area contributed by atoms with Gasteiger partial charge in [0.15, 0.2) is 0 Å². The number of rotatable bonds is 6. The Morgan fingerprint density at radius 2 is 1.83 bits per heavy atom. The summed E-state index contributed by atoms with van der Waals surface area (Å²) in [5.74, 6) is 0.424. The van der Waals surface area contributed by atoms with E-state index in [1.807, 2.05) is 50.2 Å². The van der Waals surface area contributed by atoms with Gasteiger partial charge < -0.3 is 10.6 Å². The zero-order valence-electron chi connectivity index (χ0n) is 19.2. The van der Waals surface area contributed by atoms with E-state index in [-0.39, 0.29) is 11.7 Å². The number of hydrogen-bond acceptors (Lipinski definition) is 6. The predicted octanol–water partition coefficient (Wildman–Crippen LogP) is 5.34. The number of pyridine rings is 1. The molecule has 0 radical (unpaired) electrons. The van der Waals surface area contributed by atoms with Crippen LogP contribution in [0.2, 0.25) is 0 Å². The maximum atomic E-state index is 14.1. The van der Waals surface area contributed by atoms with E-state index in [4.69, 9.17) is 5.10 Å². The number of allylic oxidation sites excluding steroid dienone is 1. The summed E-state index contributed by atoms with van der Waals surface area (Å²) in [6.07, 6.45) is 3.38. The minimum absolute atomic E-state index is 0.229. The van der Waals surface area contributed by atoms with E-state index in [1.54, 1.807) is 35.3 Å². The smallest absolute Gasteiger partial charge is 0.255 e. The lowest BCUT2D eigenvalue weighted by Gasteiger charge is -2.28. The highest BCUT2D eigenvalue weighted by molar-refractivity contribution is 7.98. The number of carbonyl (C=O) groups is 1. The van der Waals surface area contributed by atoms with E-state index in [0.717, 1.165) is 16.8 Å². The molecule has 3 heterocycles. The van der Waals surface area contributed by atoms with Crippen molar-refractivity contribution in [2.45, 2.75) is 30.8 Å². The molecule has 0 fully saturated rings. The number of nitrogens with zero attached hydrogens (tertiary/aromatic N) is 4. The first-order valence-corrected chi connectivity index (χ1v) is 12.1. The zero-order chi connectivity index (χ0) is 24.4. The van der Waals surface area contributed by atoms with Gasteiger partial charge in [-0.05, 0) is 54.8 Å². The predicted molar refractivity (Wildman–Crippen MR) is 134 cm³/mol. The highest BCUT2D eigenvalue weighted by atomic mass is 32.2. The van der Waals surface area contributed by atoms with Crippen LogP contribution in [0.5, 0.6) is 0 Å². The van der Waals surface area contributed by atoms with E-state index in [1.165, 1.54) is 17.8 Å². The number of para-hydroxylation sites is 1. The first-order chi connectivity index (χ1) is 17.0. The van der Waals surface area contributed by atoms with E-state index in [0.29, 0.717) is 33.7 Å². The topological polar surface area (TPSA) is 84.7 Å². The maximum Gasteiger partial charge on any atom is 0.255 e. The number of benzene rings is 2. The van der Waals surface area contributed by atoms with Crippen molar-refractivity contribution in [3.8, 4) is 0 Å². The number of aryl methyl sites for hydroxylation is 1. The summed E-state index contributed by atoms with van der Waals surface area (Å²) in [5.41, 5.74) is 4.36. The van der Waals surface area contributed by atoms with Gasteiger partial charge >= 0.3 is 0 Å². The van der Waals surface area contributed by atoms with Crippen molar-refractivity contribution < 1.29 is 9.18 Å². The van der Waals surface area contributed by atoms with Gasteiger partial charge in [0.25, 0.3) is 5.91 Å². The fraction of sp³-hybridized carbons (Fsp3) is 0.154. The number of anilines is 2. The molecule has 1 aliphatic heterocycles. The van der Waals surface area contributed by atoms with Gasteiger partial charge in [0.1, 0.15) is 11.9 Å². The second kappa shape index (κ2) is 9.71. The fourth-order valence-electron chi connectivity index (χ4n) is 4.00. The SMILES string of the molecule is CC1=C(C(=O)Nc2ccccc2C)[C@H](c2ccncc2)n2nc(SCc3ccccc3F)nc2N1. The number of halogens is 1. The summed E-state index contributed by atoms with van der Waals surface area (Å²) in [5, 5.41) is 11.4. The van der Waals surface area contributed by atoms with Crippen molar-refractivity contribution >= 4 is 29.3 Å². The van der Waals surface area contributed by atoms with Crippen LogP contribution in [0.3, 0.4) is 0 Å². The lowest BCUT2D eigenvalue weighted by Crippen LogP contribution is -2.31. The molecule has 4 aromatic rings. The average molecular weight is 487 g/mol. The molecule has 9 heteroatoms. The van der Waals surface area contributed by atoms with Crippen molar-refractivity contribution in [3.63, 3.8) is 0 Å². The van der Waals surface area contributed by atoms with Crippen LogP contribution < -0.4 is 10.6 Å².